The van der Waals surface area contributed by atoms with Gasteiger partial charge in [0, 0.05) is 13.1 Å². The molecule has 1 atom stereocenters. The molecule has 0 aliphatic carbocycles. The van der Waals surface area contributed by atoms with Crippen LogP contribution in [0.5, 0.6) is 0 Å². The van der Waals surface area contributed by atoms with Gasteiger partial charge < -0.3 is 15.2 Å². The molecule has 102 valence electrons. The molecule has 0 amide bonds. The first-order valence-corrected chi connectivity index (χ1v) is 7.47. The van der Waals surface area contributed by atoms with Crippen molar-refractivity contribution in [3.8, 4) is 0 Å². The fraction of sp³-hybridized carbons (Fsp3) is 1.00. The van der Waals surface area contributed by atoms with Gasteiger partial charge in [0.15, 0.2) is 0 Å². The lowest BCUT2D eigenvalue weighted by Crippen LogP contribution is -2.52. The van der Waals surface area contributed by atoms with Gasteiger partial charge in [-0.15, -0.1) is 0 Å². The SMILES string of the molecule is CC(C)OCCS(=O)(=O)N1CCOCC1CN. The van der Waals surface area contributed by atoms with Gasteiger partial charge in [-0.05, 0) is 13.8 Å². The van der Waals surface area contributed by atoms with E-state index in [0.717, 1.165) is 0 Å². The third kappa shape index (κ3) is 4.51. The largest absolute Gasteiger partial charge is 0.378 e. The van der Waals surface area contributed by atoms with E-state index in [-0.39, 0.29) is 31.1 Å². The first-order chi connectivity index (χ1) is 7.97. The van der Waals surface area contributed by atoms with Crippen molar-refractivity contribution in [3.63, 3.8) is 0 Å². The van der Waals surface area contributed by atoms with Gasteiger partial charge in [-0.2, -0.15) is 4.31 Å². The minimum absolute atomic E-state index is 0.00167. The summed E-state index contributed by atoms with van der Waals surface area (Å²) < 4.78 is 36.1. The standard InChI is InChI=1S/C10H22N2O4S/c1-9(2)16-5-6-17(13,14)12-3-4-15-8-10(12)7-11/h9-10H,3-8,11H2,1-2H3. The second-order valence-electron chi connectivity index (χ2n) is 4.31. The molecule has 1 rings (SSSR count). The van der Waals surface area contributed by atoms with E-state index >= 15 is 0 Å². The third-order valence-corrected chi connectivity index (χ3v) is 4.47. The second-order valence-corrected chi connectivity index (χ2v) is 6.35. The van der Waals surface area contributed by atoms with Gasteiger partial charge in [0.1, 0.15) is 0 Å². The number of sulfonamides is 1. The van der Waals surface area contributed by atoms with Crippen LogP contribution in [0.1, 0.15) is 13.8 Å². The lowest BCUT2D eigenvalue weighted by Gasteiger charge is -2.33. The Hall–Kier alpha value is -0.210. The number of morpholine rings is 1. The molecule has 17 heavy (non-hydrogen) atoms. The summed E-state index contributed by atoms with van der Waals surface area (Å²) in [6, 6.07) is -0.243. The average molecular weight is 266 g/mol. The topological polar surface area (TPSA) is 81.9 Å². The highest BCUT2D eigenvalue weighted by molar-refractivity contribution is 7.89. The highest BCUT2D eigenvalue weighted by Crippen LogP contribution is 2.12. The molecule has 0 aromatic heterocycles. The summed E-state index contributed by atoms with van der Waals surface area (Å²) in [7, 11) is -3.29. The average Bonchev–Trinajstić information content (AvgIpc) is 2.28. The molecule has 1 heterocycles. The molecule has 6 nitrogen and oxygen atoms in total. The van der Waals surface area contributed by atoms with E-state index in [9.17, 15) is 8.42 Å². The summed E-state index contributed by atoms with van der Waals surface area (Å²) in [6.07, 6.45) is 0.0418. The number of hydrogen-bond acceptors (Lipinski definition) is 5. The molecular weight excluding hydrogens is 244 g/mol. The van der Waals surface area contributed by atoms with E-state index in [1.807, 2.05) is 13.8 Å². The van der Waals surface area contributed by atoms with Gasteiger partial charge >= 0.3 is 0 Å². The Balaban J connectivity index is 2.55. The highest BCUT2D eigenvalue weighted by atomic mass is 32.2. The van der Waals surface area contributed by atoms with Crippen LogP contribution < -0.4 is 5.73 Å². The maximum Gasteiger partial charge on any atom is 0.216 e. The van der Waals surface area contributed by atoms with Crippen molar-refractivity contribution >= 4 is 10.0 Å². The molecule has 0 spiro atoms. The smallest absolute Gasteiger partial charge is 0.216 e. The lowest BCUT2D eigenvalue weighted by atomic mass is 10.3. The van der Waals surface area contributed by atoms with Crippen LogP contribution in [0.4, 0.5) is 0 Å². The first kappa shape index (κ1) is 14.8. The summed E-state index contributed by atoms with van der Waals surface area (Å²) in [5, 5.41) is 0. The van der Waals surface area contributed by atoms with E-state index in [4.69, 9.17) is 15.2 Å². The van der Waals surface area contributed by atoms with Crippen molar-refractivity contribution < 1.29 is 17.9 Å². The van der Waals surface area contributed by atoms with E-state index in [1.165, 1.54) is 4.31 Å². The van der Waals surface area contributed by atoms with Crippen LogP contribution in [0, 0.1) is 0 Å². The van der Waals surface area contributed by atoms with E-state index in [2.05, 4.69) is 0 Å². The van der Waals surface area contributed by atoms with Crippen LogP contribution in [0.25, 0.3) is 0 Å². The zero-order chi connectivity index (χ0) is 12.9. The Bertz CT molecular complexity index is 318. The Kier molecular flexibility index (Phi) is 5.81. The van der Waals surface area contributed by atoms with Gasteiger partial charge in [0.2, 0.25) is 10.0 Å². The quantitative estimate of drug-likeness (QED) is 0.694. The number of nitrogens with zero attached hydrogens (tertiary/aromatic N) is 1. The van der Waals surface area contributed by atoms with Crippen LogP contribution in [0.15, 0.2) is 0 Å². The Morgan fingerprint density at radius 3 is 2.82 bits per heavy atom. The molecule has 0 aromatic rings. The number of rotatable bonds is 6. The molecule has 0 radical (unpaired) electrons. The fourth-order valence-electron chi connectivity index (χ4n) is 1.70. The minimum atomic E-state index is -3.29. The normalized spacial score (nSPS) is 23.2. The highest BCUT2D eigenvalue weighted by Gasteiger charge is 2.31. The number of ether oxygens (including phenoxy) is 2. The molecule has 1 unspecified atom stereocenters. The Morgan fingerprint density at radius 2 is 2.24 bits per heavy atom. The third-order valence-electron chi connectivity index (χ3n) is 2.60. The molecule has 2 N–H and O–H groups in total. The molecule has 0 aromatic carbocycles. The van der Waals surface area contributed by atoms with Crippen molar-refractivity contribution in [2.75, 3.05) is 38.7 Å². The van der Waals surface area contributed by atoms with Crippen LogP contribution in [0.3, 0.4) is 0 Å². The van der Waals surface area contributed by atoms with Crippen LogP contribution in [0.2, 0.25) is 0 Å². The maximum absolute atomic E-state index is 12.1. The Labute approximate surface area is 103 Å². The molecule has 1 saturated heterocycles. The zero-order valence-electron chi connectivity index (χ0n) is 10.5. The second kappa shape index (κ2) is 6.65. The van der Waals surface area contributed by atoms with Gasteiger partial charge in [-0.25, -0.2) is 8.42 Å². The summed E-state index contributed by atoms with van der Waals surface area (Å²) in [5.41, 5.74) is 5.55. The van der Waals surface area contributed by atoms with Gasteiger partial charge in [-0.1, -0.05) is 0 Å². The summed E-state index contributed by atoms with van der Waals surface area (Å²) in [4.78, 5) is 0. The van der Waals surface area contributed by atoms with E-state index in [1.54, 1.807) is 0 Å². The monoisotopic (exact) mass is 266 g/mol. The van der Waals surface area contributed by atoms with Crippen molar-refractivity contribution in [1.29, 1.82) is 0 Å². The molecule has 1 aliphatic rings. The Morgan fingerprint density at radius 1 is 1.53 bits per heavy atom. The summed E-state index contributed by atoms with van der Waals surface area (Å²) >= 11 is 0. The summed E-state index contributed by atoms with van der Waals surface area (Å²) in [5.74, 6) is 0.00167. The van der Waals surface area contributed by atoms with Crippen molar-refractivity contribution in [1.82, 2.24) is 4.31 Å². The van der Waals surface area contributed by atoms with Gasteiger partial charge in [0.25, 0.3) is 0 Å². The molecule has 7 heteroatoms. The summed E-state index contributed by atoms with van der Waals surface area (Å²) in [6.45, 7) is 5.44. The van der Waals surface area contributed by atoms with Crippen molar-refractivity contribution in [3.05, 3.63) is 0 Å². The number of hydrogen-bond donors (Lipinski definition) is 1. The van der Waals surface area contributed by atoms with Crippen LogP contribution in [-0.2, 0) is 19.5 Å². The van der Waals surface area contributed by atoms with Crippen LogP contribution in [-0.4, -0.2) is 63.5 Å². The molecular formula is C10H22N2O4S. The van der Waals surface area contributed by atoms with Gasteiger partial charge in [0.05, 0.1) is 37.7 Å². The fourth-order valence-corrected chi connectivity index (χ4v) is 3.19. The number of nitrogens with two attached hydrogens (primary N) is 1. The predicted molar refractivity (Wildman–Crippen MR) is 65.2 cm³/mol. The maximum atomic E-state index is 12.1. The van der Waals surface area contributed by atoms with Crippen LogP contribution >= 0.6 is 0 Å². The van der Waals surface area contributed by atoms with E-state index < -0.39 is 10.0 Å². The molecule has 0 saturated carbocycles. The molecule has 0 bridgehead atoms. The molecule has 1 aliphatic heterocycles. The van der Waals surface area contributed by atoms with Crippen molar-refractivity contribution in [2.45, 2.75) is 26.0 Å². The zero-order valence-corrected chi connectivity index (χ0v) is 11.3. The lowest BCUT2D eigenvalue weighted by molar-refractivity contribution is 0.0349. The van der Waals surface area contributed by atoms with Crippen molar-refractivity contribution in [2.24, 2.45) is 5.73 Å². The predicted octanol–water partition coefficient (Wildman–Crippen LogP) is -0.599. The molecule has 1 fully saturated rings. The van der Waals surface area contributed by atoms with E-state index in [0.29, 0.717) is 19.8 Å². The minimum Gasteiger partial charge on any atom is -0.378 e. The first-order valence-electron chi connectivity index (χ1n) is 5.86. The van der Waals surface area contributed by atoms with Gasteiger partial charge in [-0.3, -0.25) is 0 Å².